The molecule has 27 heavy (non-hydrogen) atoms. The van der Waals surface area contributed by atoms with E-state index in [1.165, 1.54) is 6.26 Å². The Morgan fingerprint density at radius 3 is 2.74 bits per heavy atom. The van der Waals surface area contributed by atoms with Crippen molar-refractivity contribution >= 4 is 17.7 Å². The topological polar surface area (TPSA) is 103 Å². The van der Waals surface area contributed by atoms with Crippen molar-refractivity contribution in [2.75, 3.05) is 6.61 Å². The first-order valence-electron chi connectivity index (χ1n) is 9.49. The molecule has 2 aliphatic heterocycles. The maximum Gasteiger partial charge on any atom is 0.313 e. The summed E-state index contributed by atoms with van der Waals surface area (Å²) >= 11 is 0. The zero-order valence-electron chi connectivity index (χ0n) is 15.1. The molecule has 2 saturated carbocycles. The quantitative estimate of drug-likeness (QED) is 0.787. The van der Waals surface area contributed by atoms with Crippen LogP contribution in [0.2, 0.25) is 0 Å². The summed E-state index contributed by atoms with van der Waals surface area (Å²) in [5, 5.41) is 10.4. The van der Waals surface area contributed by atoms with E-state index in [0.29, 0.717) is 12.8 Å². The van der Waals surface area contributed by atoms with Crippen molar-refractivity contribution in [3.8, 4) is 0 Å². The number of hydrogen-bond acceptors (Lipinski definition) is 7. The van der Waals surface area contributed by atoms with Crippen molar-refractivity contribution in [3.63, 3.8) is 0 Å². The normalized spacial score (nSPS) is 45.7. The fourth-order valence-corrected chi connectivity index (χ4v) is 6.37. The van der Waals surface area contributed by atoms with E-state index < -0.39 is 40.8 Å². The van der Waals surface area contributed by atoms with E-state index in [0.717, 1.165) is 5.56 Å². The van der Waals surface area contributed by atoms with Crippen LogP contribution >= 0.6 is 0 Å². The maximum absolute atomic E-state index is 13.2. The molecule has 0 radical (unpaired) electrons. The Balaban J connectivity index is 1.64. The van der Waals surface area contributed by atoms with Crippen molar-refractivity contribution in [1.82, 2.24) is 0 Å². The van der Waals surface area contributed by atoms with Crippen LogP contribution in [0.25, 0.3) is 0 Å². The molecule has 1 aromatic rings. The summed E-state index contributed by atoms with van der Waals surface area (Å²) in [7, 11) is 0. The van der Waals surface area contributed by atoms with Gasteiger partial charge in [0.1, 0.15) is 18.0 Å². The Morgan fingerprint density at radius 1 is 1.22 bits per heavy atom. The van der Waals surface area contributed by atoms with E-state index in [1.54, 1.807) is 12.3 Å². The predicted molar refractivity (Wildman–Crippen MR) is 89.0 cm³/mol. The average molecular weight is 374 g/mol. The Morgan fingerprint density at radius 2 is 2.04 bits per heavy atom. The van der Waals surface area contributed by atoms with E-state index in [2.05, 4.69) is 0 Å². The summed E-state index contributed by atoms with van der Waals surface area (Å²) in [4.78, 5) is 38.2. The van der Waals surface area contributed by atoms with Crippen LogP contribution in [0, 0.1) is 28.6 Å². The average Bonchev–Trinajstić information content (AvgIpc) is 3.33. The van der Waals surface area contributed by atoms with E-state index in [1.807, 2.05) is 6.92 Å². The summed E-state index contributed by atoms with van der Waals surface area (Å²) in [6.07, 6.45) is 3.35. The molecule has 0 bridgehead atoms. The first kappa shape index (κ1) is 17.0. The van der Waals surface area contributed by atoms with Crippen molar-refractivity contribution < 1.29 is 33.4 Å². The molecule has 4 aliphatic rings. The van der Waals surface area contributed by atoms with Gasteiger partial charge in [-0.2, -0.15) is 0 Å². The monoisotopic (exact) mass is 374 g/mol. The molecule has 5 rings (SSSR count). The number of hydrogen-bond donors (Lipinski definition) is 1. The Labute approximate surface area is 156 Å². The van der Waals surface area contributed by atoms with E-state index in [9.17, 15) is 19.5 Å². The number of furan rings is 1. The number of aliphatic hydroxyl groups is 1. The lowest BCUT2D eigenvalue weighted by atomic mass is 9.43. The Hall–Kier alpha value is -2.15. The van der Waals surface area contributed by atoms with Gasteiger partial charge in [-0.25, -0.2) is 0 Å². The number of ketones is 1. The van der Waals surface area contributed by atoms with Crippen LogP contribution in [-0.2, 0) is 23.9 Å². The van der Waals surface area contributed by atoms with Crippen LogP contribution in [0.3, 0.4) is 0 Å². The molecule has 1 aromatic heterocycles. The highest BCUT2D eigenvalue weighted by Gasteiger charge is 2.75. The highest BCUT2D eigenvalue weighted by atomic mass is 16.6. The number of esters is 2. The number of cyclic esters (lactones) is 1. The number of fused-ring (bicyclic) bond motifs is 1. The minimum atomic E-state index is -0.913. The van der Waals surface area contributed by atoms with Crippen LogP contribution in [0.15, 0.2) is 23.0 Å². The van der Waals surface area contributed by atoms with Crippen LogP contribution in [0.4, 0.5) is 0 Å². The predicted octanol–water partition coefficient (Wildman–Crippen LogP) is 1.79. The van der Waals surface area contributed by atoms with Crippen molar-refractivity contribution in [2.45, 2.75) is 44.8 Å². The summed E-state index contributed by atoms with van der Waals surface area (Å²) in [5.41, 5.74) is -1.02. The number of rotatable bonds is 2. The summed E-state index contributed by atoms with van der Waals surface area (Å²) in [5.74, 6) is -2.09. The molecule has 1 N–H and O–H groups in total. The third-order valence-corrected chi connectivity index (χ3v) is 7.71. The van der Waals surface area contributed by atoms with Gasteiger partial charge in [-0.3, -0.25) is 14.4 Å². The van der Waals surface area contributed by atoms with Gasteiger partial charge in [0.2, 0.25) is 0 Å². The van der Waals surface area contributed by atoms with Crippen molar-refractivity contribution in [2.24, 2.45) is 28.6 Å². The molecule has 0 amide bonds. The summed E-state index contributed by atoms with van der Waals surface area (Å²) in [6.45, 7) is 1.69. The fraction of sp³-hybridized carbons (Fsp3) is 0.650. The van der Waals surface area contributed by atoms with Crippen molar-refractivity contribution in [1.29, 1.82) is 0 Å². The second-order valence-corrected chi connectivity index (χ2v) is 8.58. The van der Waals surface area contributed by atoms with Gasteiger partial charge >= 0.3 is 11.9 Å². The molecule has 7 nitrogen and oxygen atoms in total. The molecule has 4 fully saturated rings. The Bertz CT molecular complexity index is 814. The first-order chi connectivity index (χ1) is 12.9. The third kappa shape index (κ3) is 1.93. The minimum Gasteiger partial charge on any atom is -0.472 e. The van der Waals surface area contributed by atoms with Gasteiger partial charge < -0.3 is 19.0 Å². The molecule has 2 saturated heterocycles. The van der Waals surface area contributed by atoms with Gasteiger partial charge in [0.25, 0.3) is 0 Å². The second-order valence-electron chi connectivity index (χ2n) is 8.58. The highest BCUT2D eigenvalue weighted by molar-refractivity contribution is 5.90. The number of carbonyl (C=O) groups is 3. The van der Waals surface area contributed by atoms with Crippen LogP contribution in [-0.4, -0.2) is 35.5 Å². The van der Waals surface area contributed by atoms with E-state index in [4.69, 9.17) is 13.9 Å². The molecule has 7 atom stereocenters. The molecule has 144 valence electrons. The number of Topliss-reactive ketones (excluding diaryl/α,β-unsaturated/α-hetero) is 1. The maximum atomic E-state index is 13.2. The molecule has 3 heterocycles. The van der Waals surface area contributed by atoms with Crippen molar-refractivity contribution in [3.05, 3.63) is 24.2 Å². The zero-order chi connectivity index (χ0) is 19.0. The largest absolute Gasteiger partial charge is 0.472 e. The van der Waals surface area contributed by atoms with Crippen LogP contribution in [0.5, 0.6) is 0 Å². The molecule has 1 spiro atoms. The lowest BCUT2D eigenvalue weighted by Crippen LogP contribution is -2.63. The summed E-state index contributed by atoms with van der Waals surface area (Å²) in [6, 6.07) is 1.77. The van der Waals surface area contributed by atoms with E-state index >= 15 is 0 Å². The minimum absolute atomic E-state index is 0.0558. The van der Waals surface area contributed by atoms with Gasteiger partial charge in [0, 0.05) is 30.2 Å². The first-order valence-corrected chi connectivity index (χ1v) is 9.49. The molecular weight excluding hydrogens is 352 g/mol. The van der Waals surface area contributed by atoms with Gasteiger partial charge in [-0.15, -0.1) is 0 Å². The van der Waals surface area contributed by atoms with Crippen LogP contribution in [0.1, 0.15) is 44.3 Å². The van der Waals surface area contributed by atoms with Crippen LogP contribution < -0.4 is 0 Å². The molecule has 2 aliphatic carbocycles. The third-order valence-electron chi connectivity index (χ3n) is 7.71. The number of ether oxygens (including phenoxy) is 2. The smallest absolute Gasteiger partial charge is 0.313 e. The molecule has 0 aromatic carbocycles. The highest BCUT2D eigenvalue weighted by Crippen LogP contribution is 2.68. The van der Waals surface area contributed by atoms with E-state index in [-0.39, 0.29) is 37.1 Å². The lowest BCUT2D eigenvalue weighted by Gasteiger charge is -2.56. The van der Waals surface area contributed by atoms with Gasteiger partial charge in [-0.05, 0) is 24.3 Å². The second kappa shape index (κ2) is 5.44. The Kier molecular flexibility index (Phi) is 3.42. The van der Waals surface area contributed by atoms with Gasteiger partial charge in [0.05, 0.1) is 30.5 Å². The molecule has 7 heteroatoms. The SMILES string of the molecule is C[C@@H]1C[C@H]2OC(=O)[C@H]3CC(=O)C[C@H]([C@@]14C[C@@H](c1ccoc1)OC4=O)[C@]32CO. The molecular formula is C20H22O7. The fourth-order valence-electron chi connectivity index (χ4n) is 6.37. The summed E-state index contributed by atoms with van der Waals surface area (Å²) < 4.78 is 16.5. The molecule has 0 unspecified atom stereocenters. The number of aliphatic hydroxyl groups excluding tert-OH is 1. The van der Waals surface area contributed by atoms with Gasteiger partial charge in [-0.1, -0.05) is 6.92 Å². The lowest BCUT2D eigenvalue weighted by molar-refractivity contribution is -0.185. The standard InChI is InChI=1S/C20H22O7/c1-10-4-16-20(9-21)13(17(23)27-16)5-12(22)6-15(20)19(10)7-14(26-18(19)24)11-2-3-25-8-11/h2-3,8,10,13-16,21H,4-7,9H2,1H3/t10-,13-,14+,15-,16-,19-,20+/m1/s1. The number of carbonyl (C=O) groups excluding carboxylic acids is 3. The zero-order valence-corrected chi connectivity index (χ0v) is 15.1. The van der Waals surface area contributed by atoms with Gasteiger partial charge in [0.15, 0.2) is 0 Å².